The number of hydrogen-bond donors (Lipinski definition) is 3. The second-order valence-electron chi connectivity index (χ2n) is 9.42. The van der Waals surface area contributed by atoms with Gasteiger partial charge in [0, 0.05) is 33.8 Å². The first-order chi connectivity index (χ1) is 21.2. The van der Waals surface area contributed by atoms with Crippen molar-refractivity contribution < 1.29 is 24.0 Å². The molecule has 0 radical (unpaired) electrons. The van der Waals surface area contributed by atoms with Gasteiger partial charge in [0.25, 0.3) is 17.5 Å². The van der Waals surface area contributed by atoms with Crippen LogP contribution in [-0.2, 0) is 9.59 Å². The van der Waals surface area contributed by atoms with Crippen LogP contribution in [0.3, 0.4) is 0 Å². The molecule has 0 bridgehead atoms. The highest BCUT2D eigenvalue weighted by Crippen LogP contribution is 2.25. The third kappa shape index (κ3) is 8.79. The third-order valence-corrected chi connectivity index (χ3v) is 7.25. The number of thioether (sulfide) groups is 1. The fourth-order valence-electron chi connectivity index (χ4n) is 4.01. The molecule has 4 rings (SSSR count). The van der Waals surface area contributed by atoms with Gasteiger partial charge in [-0.1, -0.05) is 42.5 Å². The lowest BCUT2D eigenvalue weighted by molar-refractivity contribution is -0.384. The van der Waals surface area contributed by atoms with Crippen molar-refractivity contribution in [1.29, 1.82) is 0 Å². The summed E-state index contributed by atoms with van der Waals surface area (Å²) >= 11 is 1.27. The summed E-state index contributed by atoms with van der Waals surface area (Å²) in [7, 11) is 0. The summed E-state index contributed by atoms with van der Waals surface area (Å²) < 4.78 is 5.69. The number of nitro benzene ring substituents is 1. The molecule has 0 spiro atoms. The highest BCUT2D eigenvalue weighted by molar-refractivity contribution is 8.00. The first-order valence-corrected chi connectivity index (χ1v) is 14.6. The first kappa shape index (κ1) is 31.5. The second kappa shape index (κ2) is 15.2. The maximum atomic E-state index is 13.4. The molecule has 0 unspecified atom stereocenters. The largest absolute Gasteiger partial charge is 0.493 e. The van der Waals surface area contributed by atoms with Crippen molar-refractivity contribution in [3.05, 3.63) is 130 Å². The summed E-state index contributed by atoms with van der Waals surface area (Å²) in [5.41, 5.74) is 2.52. The molecule has 0 saturated heterocycles. The lowest BCUT2D eigenvalue weighted by Gasteiger charge is -2.13. The van der Waals surface area contributed by atoms with E-state index in [1.54, 1.807) is 85.8 Å². The van der Waals surface area contributed by atoms with Gasteiger partial charge in [0.1, 0.15) is 11.4 Å². The lowest BCUT2D eigenvalue weighted by atomic mass is 10.1. The highest BCUT2D eigenvalue weighted by atomic mass is 32.2. The van der Waals surface area contributed by atoms with Crippen molar-refractivity contribution in [1.82, 2.24) is 5.32 Å². The normalized spacial score (nSPS) is 10.9. The van der Waals surface area contributed by atoms with Crippen LogP contribution in [0.4, 0.5) is 17.1 Å². The topological polar surface area (TPSA) is 140 Å². The molecule has 3 N–H and O–H groups in total. The summed E-state index contributed by atoms with van der Waals surface area (Å²) in [5, 5.41) is 19.3. The minimum absolute atomic E-state index is 0.0255. The molecule has 11 heteroatoms. The number of anilines is 2. The fourth-order valence-corrected chi connectivity index (χ4v) is 4.71. The zero-order valence-electron chi connectivity index (χ0n) is 24.0. The number of nitrogens with one attached hydrogen (secondary N) is 3. The van der Waals surface area contributed by atoms with E-state index in [0.29, 0.717) is 40.4 Å². The van der Waals surface area contributed by atoms with Gasteiger partial charge in [-0.15, -0.1) is 11.8 Å². The van der Waals surface area contributed by atoms with E-state index >= 15 is 0 Å². The molecule has 44 heavy (non-hydrogen) atoms. The molecule has 0 saturated carbocycles. The summed E-state index contributed by atoms with van der Waals surface area (Å²) in [6.07, 6.45) is 1.56. The number of nitrogens with zero attached hydrogens (tertiary/aromatic N) is 1. The summed E-state index contributed by atoms with van der Waals surface area (Å²) in [4.78, 5) is 50.1. The zero-order valence-corrected chi connectivity index (χ0v) is 24.9. The number of carbonyl (C=O) groups excluding carboxylic acids is 3. The molecule has 0 aliphatic carbocycles. The van der Waals surface area contributed by atoms with Gasteiger partial charge in [-0.3, -0.25) is 24.5 Å². The molecule has 224 valence electrons. The van der Waals surface area contributed by atoms with Gasteiger partial charge < -0.3 is 20.7 Å². The predicted octanol–water partition coefficient (Wildman–Crippen LogP) is 6.44. The van der Waals surface area contributed by atoms with E-state index < -0.39 is 16.7 Å². The number of hydrogen-bond acceptors (Lipinski definition) is 7. The van der Waals surface area contributed by atoms with Crippen LogP contribution in [0.25, 0.3) is 6.08 Å². The maximum Gasteiger partial charge on any atom is 0.272 e. The molecule has 4 aromatic rings. The average molecular weight is 611 g/mol. The summed E-state index contributed by atoms with van der Waals surface area (Å²) in [6.45, 7) is 4.05. The van der Waals surface area contributed by atoms with Crippen molar-refractivity contribution in [2.75, 3.05) is 23.0 Å². The number of aryl methyl sites for hydroxylation is 1. The van der Waals surface area contributed by atoms with E-state index in [1.807, 2.05) is 19.1 Å². The van der Waals surface area contributed by atoms with Crippen molar-refractivity contribution in [2.24, 2.45) is 0 Å². The standard InChI is InChI=1S/C33H30N4O6S/c1-3-43-30-12-8-7-11-24(30)19-29(36-32(39)23-9-5-4-6-10-23)33(40)34-25-14-17-27(18-15-25)44-21-31(38)35-28-20-26(37(41)42)16-13-22(28)2/h4-20H,3,21H2,1-2H3,(H,34,40)(H,35,38)(H,36,39)/b29-19-. The van der Waals surface area contributed by atoms with Crippen LogP contribution in [0.2, 0.25) is 0 Å². The van der Waals surface area contributed by atoms with Crippen molar-refractivity contribution in [3.8, 4) is 5.75 Å². The Balaban J connectivity index is 1.43. The molecule has 0 aliphatic heterocycles. The van der Waals surface area contributed by atoms with Crippen molar-refractivity contribution in [2.45, 2.75) is 18.7 Å². The Morgan fingerprint density at radius 1 is 0.909 bits per heavy atom. The Hall–Kier alpha value is -5.42. The third-order valence-electron chi connectivity index (χ3n) is 6.24. The van der Waals surface area contributed by atoms with Crippen LogP contribution in [0.1, 0.15) is 28.4 Å². The van der Waals surface area contributed by atoms with E-state index in [-0.39, 0.29) is 23.0 Å². The molecular formula is C33H30N4O6S. The Morgan fingerprint density at radius 2 is 1.61 bits per heavy atom. The van der Waals surface area contributed by atoms with E-state index in [0.717, 1.165) is 4.90 Å². The van der Waals surface area contributed by atoms with Crippen LogP contribution in [0.15, 0.2) is 108 Å². The van der Waals surface area contributed by atoms with Gasteiger partial charge in [0.15, 0.2) is 0 Å². The van der Waals surface area contributed by atoms with E-state index in [9.17, 15) is 24.5 Å². The molecule has 10 nitrogen and oxygen atoms in total. The van der Waals surface area contributed by atoms with Gasteiger partial charge in [-0.05, 0) is 68.0 Å². The summed E-state index contributed by atoms with van der Waals surface area (Å²) in [6, 6.07) is 27.0. The Bertz CT molecular complexity index is 1690. The van der Waals surface area contributed by atoms with E-state index in [4.69, 9.17) is 4.74 Å². The van der Waals surface area contributed by atoms with E-state index in [1.165, 1.54) is 23.9 Å². The average Bonchev–Trinajstić information content (AvgIpc) is 3.02. The number of ether oxygens (including phenoxy) is 1. The Labute approximate surface area is 258 Å². The van der Waals surface area contributed by atoms with Gasteiger partial charge >= 0.3 is 0 Å². The number of para-hydroxylation sites is 1. The second-order valence-corrected chi connectivity index (χ2v) is 10.5. The minimum Gasteiger partial charge on any atom is -0.493 e. The van der Waals surface area contributed by atoms with Crippen LogP contribution in [0, 0.1) is 17.0 Å². The van der Waals surface area contributed by atoms with Crippen LogP contribution < -0.4 is 20.7 Å². The van der Waals surface area contributed by atoms with Crippen LogP contribution in [-0.4, -0.2) is 35.0 Å². The predicted molar refractivity (Wildman–Crippen MR) is 172 cm³/mol. The molecule has 0 aromatic heterocycles. The Morgan fingerprint density at radius 3 is 2.32 bits per heavy atom. The van der Waals surface area contributed by atoms with Crippen LogP contribution in [0.5, 0.6) is 5.75 Å². The van der Waals surface area contributed by atoms with E-state index in [2.05, 4.69) is 16.0 Å². The van der Waals surface area contributed by atoms with Crippen LogP contribution >= 0.6 is 11.8 Å². The van der Waals surface area contributed by atoms with Crippen molar-refractivity contribution >= 4 is 52.6 Å². The lowest BCUT2D eigenvalue weighted by Crippen LogP contribution is -2.30. The van der Waals surface area contributed by atoms with Crippen molar-refractivity contribution in [3.63, 3.8) is 0 Å². The van der Waals surface area contributed by atoms with Gasteiger partial charge in [0.2, 0.25) is 5.91 Å². The zero-order chi connectivity index (χ0) is 31.5. The quantitative estimate of drug-likeness (QED) is 0.0726. The molecule has 0 atom stereocenters. The Kier molecular flexibility index (Phi) is 10.9. The molecule has 4 aromatic carbocycles. The number of carbonyl (C=O) groups is 3. The van der Waals surface area contributed by atoms with Gasteiger partial charge in [0.05, 0.1) is 23.0 Å². The van der Waals surface area contributed by atoms with Gasteiger partial charge in [-0.2, -0.15) is 0 Å². The number of amides is 3. The first-order valence-electron chi connectivity index (χ1n) is 13.6. The summed E-state index contributed by atoms with van der Waals surface area (Å²) in [5.74, 6) is -0.641. The maximum absolute atomic E-state index is 13.4. The molecule has 3 amide bonds. The smallest absolute Gasteiger partial charge is 0.272 e. The highest BCUT2D eigenvalue weighted by Gasteiger charge is 2.17. The number of nitro groups is 1. The number of benzene rings is 4. The number of non-ortho nitro benzene ring substituents is 1. The minimum atomic E-state index is -0.535. The molecule has 0 heterocycles. The SMILES string of the molecule is CCOc1ccccc1/C=C(\NC(=O)c1ccccc1)C(=O)Nc1ccc(SCC(=O)Nc2cc([N+](=O)[O-])ccc2C)cc1. The number of rotatable bonds is 12. The van der Waals surface area contributed by atoms with Gasteiger partial charge in [-0.25, -0.2) is 0 Å². The molecule has 0 aliphatic rings. The molecular weight excluding hydrogens is 580 g/mol. The molecule has 0 fully saturated rings. The fraction of sp³-hybridized carbons (Fsp3) is 0.121. The monoisotopic (exact) mass is 610 g/mol.